The van der Waals surface area contributed by atoms with Crippen LogP contribution in [0.5, 0.6) is 17.2 Å². The molecule has 0 spiro atoms. The molecule has 0 fully saturated rings. The predicted molar refractivity (Wildman–Crippen MR) is 193 cm³/mol. The third-order valence-corrected chi connectivity index (χ3v) is 8.92. The van der Waals surface area contributed by atoms with Gasteiger partial charge in [0, 0.05) is 49.8 Å². The molecule has 3 atom stereocenters. The van der Waals surface area contributed by atoms with Crippen molar-refractivity contribution in [1.82, 2.24) is 9.80 Å². The number of carbonyl (C=O) groups is 4. The highest BCUT2D eigenvalue weighted by atomic mass is 16.7. The van der Waals surface area contributed by atoms with Crippen LogP contribution in [-0.4, -0.2) is 84.3 Å². The van der Waals surface area contributed by atoms with Gasteiger partial charge in [-0.3, -0.25) is 14.4 Å². The van der Waals surface area contributed by atoms with E-state index in [0.29, 0.717) is 65.7 Å². The number of nitrogen functional groups attached to an aromatic ring is 1. The minimum Gasteiger partial charge on any atom is -0.487 e. The fourth-order valence-electron chi connectivity index (χ4n) is 5.86. The zero-order valence-electron chi connectivity index (χ0n) is 29.1. The second-order valence-electron chi connectivity index (χ2n) is 13.0. The summed E-state index contributed by atoms with van der Waals surface area (Å²) in [7, 11) is 1.66. The maximum Gasteiger partial charge on any atom is 0.321 e. The van der Waals surface area contributed by atoms with Crippen molar-refractivity contribution in [2.75, 3.05) is 55.2 Å². The highest BCUT2D eigenvalue weighted by Crippen LogP contribution is 2.35. The molecule has 6 N–H and O–H groups in total. The number of fused-ring (bicyclic) bond motifs is 2. The molecule has 272 valence electrons. The van der Waals surface area contributed by atoms with Crippen molar-refractivity contribution in [1.29, 1.82) is 0 Å². The molecule has 0 aliphatic carbocycles. The molecule has 0 saturated heterocycles. The number of likely N-dealkylation sites (N-methyl/N-ethyl adjacent to an activating group) is 1. The van der Waals surface area contributed by atoms with E-state index in [-0.39, 0.29) is 68.1 Å². The number of rotatable bonds is 13. The first-order valence-corrected chi connectivity index (χ1v) is 17.1. The average molecular weight is 703 g/mol. The largest absolute Gasteiger partial charge is 0.487 e. The van der Waals surface area contributed by atoms with Crippen molar-refractivity contribution < 1.29 is 38.5 Å². The Labute approximate surface area is 297 Å². The van der Waals surface area contributed by atoms with Gasteiger partial charge >= 0.3 is 6.03 Å². The summed E-state index contributed by atoms with van der Waals surface area (Å²) in [5.74, 6) is 0.566. The molecular weight excluding hydrogens is 656 g/mol. The van der Waals surface area contributed by atoms with Gasteiger partial charge in [0.2, 0.25) is 18.6 Å². The fraction of sp³-hybridized carbons (Fsp3) is 0.405. The minimum absolute atomic E-state index is 0.128. The number of urea groups is 1. The van der Waals surface area contributed by atoms with E-state index >= 15 is 0 Å². The Morgan fingerprint density at radius 3 is 2.31 bits per heavy atom. The number of para-hydroxylation sites is 2. The third-order valence-electron chi connectivity index (χ3n) is 8.92. The van der Waals surface area contributed by atoms with Crippen LogP contribution in [-0.2, 0) is 9.59 Å². The normalized spacial score (nSPS) is 16.9. The number of benzene rings is 3. The molecular formula is C37H46N6O8. The third kappa shape index (κ3) is 9.60. The van der Waals surface area contributed by atoms with Crippen LogP contribution < -0.4 is 35.9 Å². The van der Waals surface area contributed by atoms with Gasteiger partial charge in [0.1, 0.15) is 11.9 Å². The molecule has 14 nitrogen and oxygen atoms in total. The van der Waals surface area contributed by atoms with Gasteiger partial charge < -0.3 is 50.8 Å². The molecule has 0 bridgehead atoms. The number of nitrogens with two attached hydrogens (primary N) is 1. The van der Waals surface area contributed by atoms with Crippen LogP contribution in [0.1, 0.15) is 56.3 Å². The molecule has 3 aromatic carbocycles. The fourth-order valence-corrected chi connectivity index (χ4v) is 5.86. The molecule has 0 saturated carbocycles. The molecule has 14 heteroatoms. The zero-order valence-corrected chi connectivity index (χ0v) is 29.1. The molecule has 0 aromatic heterocycles. The maximum atomic E-state index is 13.8. The number of nitrogens with zero attached hydrogens (tertiary/aromatic N) is 2. The van der Waals surface area contributed by atoms with Gasteiger partial charge in [0.15, 0.2) is 11.5 Å². The van der Waals surface area contributed by atoms with Crippen LogP contribution in [0.25, 0.3) is 0 Å². The first kappa shape index (κ1) is 36.8. The van der Waals surface area contributed by atoms with E-state index in [2.05, 4.69) is 16.0 Å². The first-order valence-electron chi connectivity index (χ1n) is 17.1. The van der Waals surface area contributed by atoms with Gasteiger partial charge in [-0.2, -0.15) is 0 Å². The monoisotopic (exact) mass is 702 g/mol. The van der Waals surface area contributed by atoms with Gasteiger partial charge in [0.25, 0.3) is 5.91 Å². The van der Waals surface area contributed by atoms with Crippen molar-refractivity contribution >= 4 is 46.5 Å². The van der Waals surface area contributed by atoms with E-state index in [9.17, 15) is 24.3 Å². The second-order valence-corrected chi connectivity index (χ2v) is 13.0. The standard InChI is InChI=1S/C37H46N6O8/c1-23-19-43(24(2)21-44)36(47)27-17-25(39-34(45)11-5-4-6-12-35(46)41-29-10-8-7-9-28(29)38)13-15-30(27)51-33(23)20-42(3)37(48)40-26-14-16-31-32(18-26)50-22-49-31/h7-10,13-18,23-24,33,44H,4-6,11-12,19-22,38H2,1-3H3,(H,39,45)(H,40,48)(H,41,46)/t23-,24+,33-/m0/s1. The number of nitrogens with one attached hydrogen (secondary N) is 3. The molecule has 0 unspecified atom stereocenters. The summed E-state index contributed by atoms with van der Waals surface area (Å²) in [6.07, 6.45) is 1.92. The van der Waals surface area contributed by atoms with Gasteiger partial charge in [-0.15, -0.1) is 0 Å². The molecule has 2 aliphatic rings. The quantitative estimate of drug-likeness (QED) is 0.122. The van der Waals surface area contributed by atoms with Gasteiger partial charge in [-0.05, 0) is 62.2 Å². The molecule has 5 amide bonds. The van der Waals surface area contributed by atoms with E-state index in [1.54, 1.807) is 79.5 Å². The SMILES string of the molecule is C[C@H](CO)N1C[C@H](C)[C@H](CN(C)C(=O)Nc2ccc3c(c2)OCO3)Oc2ccc(NC(=O)CCCCCC(=O)Nc3ccccc3N)cc2C1=O. The lowest BCUT2D eigenvalue weighted by atomic mass is 9.99. The van der Waals surface area contributed by atoms with Crippen molar-refractivity contribution in [3.05, 3.63) is 66.2 Å². The number of hydrogen-bond acceptors (Lipinski definition) is 9. The number of aliphatic hydroxyl groups is 1. The number of amides is 5. The zero-order chi connectivity index (χ0) is 36.5. The number of hydrogen-bond donors (Lipinski definition) is 5. The summed E-state index contributed by atoms with van der Waals surface area (Å²) < 4.78 is 17.2. The molecule has 0 radical (unpaired) electrons. The van der Waals surface area contributed by atoms with E-state index < -0.39 is 12.1 Å². The highest BCUT2D eigenvalue weighted by Gasteiger charge is 2.34. The van der Waals surface area contributed by atoms with Crippen LogP contribution in [0.3, 0.4) is 0 Å². The van der Waals surface area contributed by atoms with Gasteiger partial charge in [0.05, 0.1) is 36.1 Å². The van der Waals surface area contributed by atoms with Crippen LogP contribution >= 0.6 is 0 Å². The van der Waals surface area contributed by atoms with Crippen LogP contribution in [0.2, 0.25) is 0 Å². The minimum atomic E-state index is -0.509. The van der Waals surface area contributed by atoms with Crippen molar-refractivity contribution in [3.8, 4) is 17.2 Å². The van der Waals surface area contributed by atoms with Crippen molar-refractivity contribution in [2.24, 2.45) is 5.92 Å². The second kappa shape index (κ2) is 16.9. The maximum absolute atomic E-state index is 13.8. The summed E-state index contributed by atoms with van der Waals surface area (Å²) in [5.41, 5.74) is 8.18. The lowest BCUT2D eigenvalue weighted by Gasteiger charge is -2.38. The molecule has 3 aromatic rings. The Hall–Kier alpha value is -5.50. The summed E-state index contributed by atoms with van der Waals surface area (Å²) in [4.78, 5) is 55.2. The van der Waals surface area contributed by atoms with Crippen molar-refractivity contribution in [3.63, 3.8) is 0 Å². The number of carbonyl (C=O) groups excluding carboxylic acids is 4. The summed E-state index contributed by atoms with van der Waals surface area (Å²) >= 11 is 0. The number of anilines is 4. The molecule has 5 rings (SSSR count). The molecule has 2 aliphatic heterocycles. The molecule has 2 heterocycles. The van der Waals surface area contributed by atoms with E-state index in [1.165, 1.54) is 4.90 Å². The van der Waals surface area contributed by atoms with Gasteiger partial charge in [-0.25, -0.2) is 4.79 Å². The lowest BCUT2D eigenvalue weighted by Crippen LogP contribution is -2.50. The Balaban J connectivity index is 1.18. The summed E-state index contributed by atoms with van der Waals surface area (Å²) in [6.45, 7) is 4.06. The smallest absolute Gasteiger partial charge is 0.321 e. The highest BCUT2D eigenvalue weighted by molar-refractivity contribution is 6.00. The Morgan fingerprint density at radius 2 is 1.59 bits per heavy atom. The summed E-state index contributed by atoms with van der Waals surface area (Å²) in [5, 5.41) is 18.5. The van der Waals surface area contributed by atoms with Gasteiger partial charge in [-0.1, -0.05) is 25.5 Å². The average Bonchev–Trinajstić information content (AvgIpc) is 3.58. The van der Waals surface area contributed by atoms with Crippen molar-refractivity contribution in [2.45, 2.75) is 58.1 Å². The lowest BCUT2D eigenvalue weighted by molar-refractivity contribution is -0.116. The summed E-state index contributed by atoms with van der Waals surface area (Å²) in [6, 6.07) is 16.3. The topological polar surface area (TPSA) is 185 Å². The Kier molecular flexibility index (Phi) is 12.2. The first-order chi connectivity index (χ1) is 24.5. The van der Waals surface area contributed by atoms with E-state index in [4.69, 9.17) is 19.9 Å². The molecule has 51 heavy (non-hydrogen) atoms. The number of ether oxygens (including phenoxy) is 3. The van der Waals surface area contributed by atoms with Crippen LogP contribution in [0, 0.1) is 5.92 Å². The Bertz CT molecular complexity index is 1730. The van der Waals surface area contributed by atoms with E-state index in [0.717, 1.165) is 0 Å². The predicted octanol–water partition coefficient (Wildman–Crippen LogP) is 4.91. The van der Waals surface area contributed by atoms with Crippen LogP contribution in [0.4, 0.5) is 27.5 Å². The van der Waals surface area contributed by atoms with Crippen LogP contribution in [0.15, 0.2) is 60.7 Å². The number of aliphatic hydroxyl groups excluding tert-OH is 1. The number of unbranched alkanes of at least 4 members (excludes halogenated alkanes) is 2. The Morgan fingerprint density at radius 1 is 0.922 bits per heavy atom. The van der Waals surface area contributed by atoms with E-state index in [1.807, 2.05) is 6.92 Å².